The number of hydrogen-bond acceptors (Lipinski definition) is 3. The first-order chi connectivity index (χ1) is 5.25. The van der Waals surface area contributed by atoms with Gasteiger partial charge in [-0.3, -0.25) is 0 Å². The number of anilines is 1. The molecule has 0 aliphatic heterocycles. The van der Waals surface area contributed by atoms with Crippen LogP contribution in [0, 0.1) is 6.92 Å². The molecule has 1 heterocycles. The molecule has 0 spiro atoms. The molecule has 62 valence electrons. The van der Waals surface area contributed by atoms with Gasteiger partial charge in [0.1, 0.15) is 5.82 Å². The summed E-state index contributed by atoms with van der Waals surface area (Å²) in [5.41, 5.74) is 6.56. The summed E-state index contributed by atoms with van der Waals surface area (Å²) in [5.74, 6) is 0.724. The summed E-state index contributed by atoms with van der Waals surface area (Å²) in [5, 5.41) is 0. The summed E-state index contributed by atoms with van der Waals surface area (Å²) >= 11 is 0. The molecule has 1 rings (SSSR count). The highest BCUT2D eigenvalue weighted by atomic mass is 16.5. The van der Waals surface area contributed by atoms with Crippen LogP contribution in [-0.2, 0) is 11.3 Å². The third-order valence-corrected chi connectivity index (χ3v) is 1.61. The first-order valence-corrected chi connectivity index (χ1v) is 3.52. The van der Waals surface area contributed by atoms with Crippen LogP contribution in [0.1, 0.15) is 5.69 Å². The zero-order valence-corrected chi connectivity index (χ0v) is 6.87. The number of aromatic nitrogens is 2. The van der Waals surface area contributed by atoms with Crippen molar-refractivity contribution < 1.29 is 4.74 Å². The molecule has 1 aromatic heterocycles. The number of nitrogen functional groups attached to an aromatic ring is 1. The van der Waals surface area contributed by atoms with Crippen molar-refractivity contribution in [1.82, 2.24) is 9.55 Å². The van der Waals surface area contributed by atoms with Crippen LogP contribution >= 0.6 is 0 Å². The molecule has 0 saturated carbocycles. The van der Waals surface area contributed by atoms with Crippen molar-refractivity contribution in [2.24, 2.45) is 0 Å². The fourth-order valence-electron chi connectivity index (χ4n) is 0.860. The van der Waals surface area contributed by atoms with E-state index in [9.17, 15) is 0 Å². The van der Waals surface area contributed by atoms with E-state index in [4.69, 9.17) is 10.5 Å². The highest BCUT2D eigenvalue weighted by molar-refractivity contribution is 5.34. The predicted octanol–water partition coefficient (Wildman–Crippen LogP) is 0.420. The van der Waals surface area contributed by atoms with Crippen molar-refractivity contribution in [3.63, 3.8) is 0 Å². The number of hydrogen-bond donors (Lipinski definition) is 1. The fraction of sp³-hybridized carbons (Fsp3) is 0.571. The molecule has 0 unspecified atom stereocenters. The van der Waals surface area contributed by atoms with Gasteiger partial charge in [-0.2, -0.15) is 0 Å². The van der Waals surface area contributed by atoms with Crippen LogP contribution in [-0.4, -0.2) is 23.3 Å². The van der Waals surface area contributed by atoms with Crippen molar-refractivity contribution in [3.8, 4) is 0 Å². The normalized spacial score (nSPS) is 10.4. The molecular weight excluding hydrogens is 142 g/mol. The number of rotatable bonds is 3. The van der Waals surface area contributed by atoms with E-state index in [1.165, 1.54) is 0 Å². The second-order valence-corrected chi connectivity index (χ2v) is 2.40. The zero-order valence-electron chi connectivity index (χ0n) is 6.87. The third-order valence-electron chi connectivity index (χ3n) is 1.61. The Labute approximate surface area is 66.0 Å². The molecule has 0 amide bonds. The molecule has 0 fully saturated rings. The molecule has 0 saturated heterocycles. The molecule has 0 aliphatic carbocycles. The number of nitrogens with two attached hydrogens (primary N) is 1. The van der Waals surface area contributed by atoms with Gasteiger partial charge in [-0.05, 0) is 6.92 Å². The zero-order chi connectivity index (χ0) is 8.27. The Bertz CT molecular complexity index is 232. The molecule has 0 radical (unpaired) electrons. The van der Waals surface area contributed by atoms with Crippen LogP contribution in [0.15, 0.2) is 6.33 Å². The Kier molecular flexibility index (Phi) is 2.48. The van der Waals surface area contributed by atoms with Crippen molar-refractivity contribution in [2.75, 3.05) is 19.5 Å². The summed E-state index contributed by atoms with van der Waals surface area (Å²) in [6.07, 6.45) is 1.73. The molecule has 2 N–H and O–H groups in total. The number of ether oxygens (including phenoxy) is 1. The maximum atomic E-state index is 5.69. The van der Waals surface area contributed by atoms with Gasteiger partial charge >= 0.3 is 0 Å². The van der Waals surface area contributed by atoms with E-state index in [1.54, 1.807) is 13.4 Å². The van der Waals surface area contributed by atoms with Gasteiger partial charge in [-0.1, -0.05) is 0 Å². The Morgan fingerprint density at radius 1 is 1.73 bits per heavy atom. The van der Waals surface area contributed by atoms with Crippen LogP contribution in [0.2, 0.25) is 0 Å². The first kappa shape index (κ1) is 8.07. The summed E-state index contributed by atoms with van der Waals surface area (Å²) in [4.78, 5) is 4.05. The van der Waals surface area contributed by atoms with Gasteiger partial charge in [0, 0.05) is 13.7 Å². The standard InChI is InChI=1S/C7H13N3O/c1-6-7(8)10(5-9-6)3-4-11-2/h5H,3-4,8H2,1-2H3. The van der Waals surface area contributed by atoms with Crippen molar-refractivity contribution in [1.29, 1.82) is 0 Å². The molecule has 0 atom stereocenters. The number of nitrogens with zero attached hydrogens (tertiary/aromatic N) is 2. The lowest BCUT2D eigenvalue weighted by Gasteiger charge is -2.02. The maximum absolute atomic E-state index is 5.69. The van der Waals surface area contributed by atoms with E-state index in [0.29, 0.717) is 6.61 Å². The van der Waals surface area contributed by atoms with Gasteiger partial charge < -0.3 is 15.0 Å². The topological polar surface area (TPSA) is 53.1 Å². The van der Waals surface area contributed by atoms with Gasteiger partial charge in [-0.25, -0.2) is 4.98 Å². The number of aryl methyl sites for hydroxylation is 1. The van der Waals surface area contributed by atoms with Crippen LogP contribution in [0.3, 0.4) is 0 Å². The number of methoxy groups -OCH3 is 1. The Morgan fingerprint density at radius 3 is 2.91 bits per heavy atom. The maximum Gasteiger partial charge on any atom is 0.126 e. The number of imidazole rings is 1. The van der Waals surface area contributed by atoms with E-state index in [-0.39, 0.29) is 0 Å². The van der Waals surface area contributed by atoms with Gasteiger partial charge in [0.2, 0.25) is 0 Å². The average Bonchev–Trinajstić information content (AvgIpc) is 2.31. The lowest BCUT2D eigenvalue weighted by Crippen LogP contribution is -2.06. The second-order valence-electron chi connectivity index (χ2n) is 2.40. The quantitative estimate of drug-likeness (QED) is 0.688. The smallest absolute Gasteiger partial charge is 0.126 e. The monoisotopic (exact) mass is 155 g/mol. The van der Waals surface area contributed by atoms with Crippen LogP contribution in [0.25, 0.3) is 0 Å². The van der Waals surface area contributed by atoms with E-state index in [0.717, 1.165) is 18.1 Å². The van der Waals surface area contributed by atoms with Gasteiger partial charge in [0.05, 0.1) is 18.6 Å². The summed E-state index contributed by atoms with van der Waals surface area (Å²) in [7, 11) is 1.67. The molecule has 11 heavy (non-hydrogen) atoms. The highest BCUT2D eigenvalue weighted by Crippen LogP contribution is 2.06. The van der Waals surface area contributed by atoms with E-state index in [2.05, 4.69) is 4.98 Å². The molecule has 0 aromatic carbocycles. The largest absolute Gasteiger partial charge is 0.384 e. The summed E-state index contributed by atoms with van der Waals surface area (Å²) in [6, 6.07) is 0. The summed E-state index contributed by atoms with van der Waals surface area (Å²) < 4.78 is 6.78. The van der Waals surface area contributed by atoms with Crippen LogP contribution in [0.5, 0.6) is 0 Å². The fourth-order valence-corrected chi connectivity index (χ4v) is 0.860. The lowest BCUT2D eigenvalue weighted by atomic mass is 10.5. The van der Waals surface area contributed by atoms with Crippen LogP contribution < -0.4 is 5.73 Å². The minimum absolute atomic E-state index is 0.667. The van der Waals surface area contributed by atoms with Crippen molar-refractivity contribution in [2.45, 2.75) is 13.5 Å². The van der Waals surface area contributed by atoms with Crippen LogP contribution in [0.4, 0.5) is 5.82 Å². The van der Waals surface area contributed by atoms with Gasteiger partial charge in [0.15, 0.2) is 0 Å². The van der Waals surface area contributed by atoms with Gasteiger partial charge in [-0.15, -0.1) is 0 Å². The van der Waals surface area contributed by atoms with Crippen molar-refractivity contribution >= 4 is 5.82 Å². The minimum atomic E-state index is 0.667. The molecule has 4 heteroatoms. The van der Waals surface area contributed by atoms with E-state index < -0.39 is 0 Å². The predicted molar refractivity (Wildman–Crippen MR) is 43.3 cm³/mol. The minimum Gasteiger partial charge on any atom is -0.384 e. The SMILES string of the molecule is COCCn1cnc(C)c1N. The Balaban J connectivity index is 2.63. The molecule has 0 aliphatic rings. The van der Waals surface area contributed by atoms with Gasteiger partial charge in [0.25, 0.3) is 0 Å². The Morgan fingerprint density at radius 2 is 2.45 bits per heavy atom. The lowest BCUT2D eigenvalue weighted by molar-refractivity contribution is 0.187. The Hall–Kier alpha value is -1.03. The first-order valence-electron chi connectivity index (χ1n) is 3.52. The molecule has 0 bridgehead atoms. The molecule has 1 aromatic rings. The molecular formula is C7H13N3O. The average molecular weight is 155 g/mol. The third kappa shape index (κ3) is 1.71. The van der Waals surface area contributed by atoms with E-state index in [1.807, 2.05) is 11.5 Å². The highest BCUT2D eigenvalue weighted by Gasteiger charge is 2.00. The second kappa shape index (κ2) is 3.39. The molecule has 4 nitrogen and oxygen atoms in total. The van der Waals surface area contributed by atoms with Crippen molar-refractivity contribution in [3.05, 3.63) is 12.0 Å². The summed E-state index contributed by atoms with van der Waals surface area (Å²) in [6.45, 7) is 3.32. The van der Waals surface area contributed by atoms with E-state index >= 15 is 0 Å².